The highest BCUT2D eigenvalue weighted by atomic mass is 32.1. The van der Waals surface area contributed by atoms with Gasteiger partial charge in [0.25, 0.3) is 0 Å². The maximum Gasteiger partial charge on any atom is 0.412 e. The fourth-order valence-electron chi connectivity index (χ4n) is 2.08. The van der Waals surface area contributed by atoms with Crippen LogP contribution in [0, 0.1) is 6.92 Å². The Morgan fingerprint density at radius 1 is 1.32 bits per heavy atom. The first-order chi connectivity index (χ1) is 10.5. The van der Waals surface area contributed by atoms with Crippen LogP contribution >= 0.6 is 11.3 Å². The summed E-state index contributed by atoms with van der Waals surface area (Å²) in [7, 11) is 0. The zero-order chi connectivity index (χ0) is 15.7. The molecule has 1 N–H and O–H groups in total. The summed E-state index contributed by atoms with van der Waals surface area (Å²) in [5, 5.41) is 8.97. The Bertz CT molecular complexity index is 767. The van der Waals surface area contributed by atoms with Crippen molar-refractivity contribution in [2.45, 2.75) is 19.1 Å². The lowest BCUT2D eigenvalue weighted by Gasteiger charge is -2.21. The molecule has 22 heavy (non-hydrogen) atoms. The van der Waals surface area contributed by atoms with Gasteiger partial charge in [-0.3, -0.25) is 0 Å². The van der Waals surface area contributed by atoms with Crippen molar-refractivity contribution in [1.82, 2.24) is 24.7 Å². The van der Waals surface area contributed by atoms with Crippen molar-refractivity contribution in [3.8, 4) is 0 Å². The Morgan fingerprint density at radius 2 is 2.14 bits per heavy atom. The molecule has 0 radical (unpaired) electrons. The fraction of sp³-hybridized carbons (Fsp3) is 0.333. The molecule has 6 nitrogen and oxygen atoms in total. The van der Waals surface area contributed by atoms with Crippen LogP contribution in [0.1, 0.15) is 11.6 Å². The lowest BCUT2D eigenvalue weighted by molar-refractivity contribution is -0.166. The molecule has 1 atom stereocenters. The molecule has 3 aromatic rings. The van der Waals surface area contributed by atoms with Gasteiger partial charge in [-0.25, -0.2) is 19.6 Å². The smallest absolute Gasteiger partial charge is 0.367 e. The predicted octanol–water partition coefficient (Wildman–Crippen LogP) is 2.81. The van der Waals surface area contributed by atoms with E-state index in [0.29, 0.717) is 5.82 Å². The zero-order valence-electron chi connectivity index (χ0n) is 11.4. The van der Waals surface area contributed by atoms with Gasteiger partial charge in [-0.1, -0.05) is 0 Å². The molecule has 10 heteroatoms. The molecular formula is C12H11F3N6S. The molecule has 3 heterocycles. The molecule has 0 amide bonds. The van der Waals surface area contributed by atoms with Gasteiger partial charge in [0.1, 0.15) is 29.6 Å². The van der Waals surface area contributed by atoms with Crippen LogP contribution in [0.4, 0.5) is 19.0 Å². The normalized spacial score (nSPS) is 13.5. The maximum absolute atomic E-state index is 13.2. The quantitative estimate of drug-likeness (QED) is 0.797. The number of anilines is 1. The van der Waals surface area contributed by atoms with Gasteiger partial charge < -0.3 is 5.32 Å². The minimum Gasteiger partial charge on any atom is -0.367 e. The van der Waals surface area contributed by atoms with Crippen molar-refractivity contribution in [1.29, 1.82) is 0 Å². The highest BCUT2D eigenvalue weighted by molar-refractivity contribution is 7.17. The Kier molecular flexibility index (Phi) is 3.69. The molecule has 0 aliphatic heterocycles. The van der Waals surface area contributed by atoms with E-state index < -0.39 is 18.8 Å². The Morgan fingerprint density at radius 3 is 2.82 bits per heavy atom. The van der Waals surface area contributed by atoms with Gasteiger partial charge in [0.05, 0.1) is 5.39 Å². The lowest BCUT2D eigenvalue weighted by Crippen LogP contribution is -2.33. The first-order valence-electron chi connectivity index (χ1n) is 6.30. The number of thiophene rings is 1. The van der Waals surface area contributed by atoms with Crippen molar-refractivity contribution in [3.05, 3.63) is 29.9 Å². The average Bonchev–Trinajstić information content (AvgIpc) is 3.09. The van der Waals surface area contributed by atoms with Crippen LogP contribution in [0.2, 0.25) is 0 Å². The molecule has 0 aromatic carbocycles. The van der Waals surface area contributed by atoms with Gasteiger partial charge in [0.2, 0.25) is 0 Å². The second kappa shape index (κ2) is 5.52. The molecule has 0 spiro atoms. The van der Waals surface area contributed by atoms with E-state index in [1.54, 1.807) is 0 Å². The zero-order valence-corrected chi connectivity index (χ0v) is 12.2. The summed E-state index contributed by atoms with van der Waals surface area (Å²) >= 11 is 1.42. The number of alkyl halides is 3. The van der Waals surface area contributed by atoms with Gasteiger partial charge in [0.15, 0.2) is 6.04 Å². The van der Waals surface area contributed by atoms with Crippen molar-refractivity contribution in [2.75, 3.05) is 11.9 Å². The average molecular weight is 328 g/mol. The number of rotatable bonds is 4. The van der Waals surface area contributed by atoms with E-state index in [4.69, 9.17) is 0 Å². The summed E-state index contributed by atoms with van der Waals surface area (Å²) in [4.78, 5) is 12.5. The van der Waals surface area contributed by atoms with Crippen LogP contribution in [0.3, 0.4) is 0 Å². The van der Waals surface area contributed by atoms with Gasteiger partial charge in [-0.05, 0) is 17.9 Å². The summed E-state index contributed by atoms with van der Waals surface area (Å²) in [6.07, 6.45) is -0.995. The SMILES string of the molecule is Cc1csc2ncnc(NCC(n3cncn3)C(F)(F)F)c12. The number of aryl methyl sites for hydroxylation is 1. The topological polar surface area (TPSA) is 68.5 Å². The molecule has 116 valence electrons. The van der Waals surface area contributed by atoms with E-state index in [0.717, 1.165) is 33.1 Å². The van der Waals surface area contributed by atoms with E-state index in [-0.39, 0.29) is 0 Å². The third-order valence-corrected chi connectivity index (χ3v) is 4.16. The van der Waals surface area contributed by atoms with Gasteiger partial charge in [0, 0.05) is 6.54 Å². The Labute approximate surface area is 127 Å². The summed E-state index contributed by atoms with van der Waals surface area (Å²) in [5.74, 6) is 0.387. The number of aromatic nitrogens is 5. The summed E-state index contributed by atoms with van der Waals surface area (Å²) < 4.78 is 40.3. The van der Waals surface area contributed by atoms with Crippen molar-refractivity contribution in [2.24, 2.45) is 0 Å². The Hall–Kier alpha value is -2.23. The summed E-state index contributed by atoms with van der Waals surface area (Å²) in [6, 6.07) is -1.82. The molecule has 0 saturated carbocycles. The van der Waals surface area contributed by atoms with Crippen LogP contribution in [0.5, 0.6) is 0 Å². The fourth-order valence-corrected chi connectivity index (χ4v) is 2.97. The third kappa shape index (κ3) is 2.73. The van der Waals surface area contributed by atoms with Crippen molar-refractivity contribution >= 4 is 27.4 Å². The van der Waals surface area contributed by atoms with E-state index in [2.05, 4.69) is 25.4 Å². The standard InChI is InChI=1S/C12H11F3N6S/c1-7-3-22-11-9(7)10(18-5-19-11)17-2-8(12(13,14)15)21-6-16-4-20-21/h3-6,8H,2H2,1H3,(H,17,18,19). The molecule has 0 aliphatic carbocycles. The van der Waals surface area contributed by atoms with Crippen LogP contribution in [0.15, 0.2) is 24.4 Å². The van der Waals surface area contributed by atoms with Crippen LogP contribution in [-0.2, 0) is 0 Å². The Balaban J connectivity index is 1.87. The number of hydrogen-bond acceptors (Lipinski definition) is 6. The molecule has 3 rings (SSSR count). The third-order valence-electron chi connectivity index (χ3n) is 3.15. The first-order valence-corrected chi connectivity index (χ1v) is 7.18. The second-order valence-electron chi connectivity index (χ2n) is 4.63. The lowest BCUT2D eigenvalue weighted by atomic mass is 10.2. The molecule has 0 aliphatic rings. The number of nitrogens with one attached hydrogen (secondary N) is 1. The van der Waals surface area contributed by atoms with Crippen LogP contribution in [-0.4, -0.2) is 37.5 Å². The van der Waals surface area contributed by atoms with E-state index in [9.17, 15) is 13.2 Å². The second-order valence-corrected chi connectivity index (χ2v) is 5.49. The number of halogens is 3. The number of hydrogen-bond donors (Lipinski definition) is 1. The van der Waals surface area contributed by atoms with Crippen LogP contribution < -0.4 is 5.32 Å². The largest absolute Gasteiger partial charge is 0.412 e. The highest BCUT2D eigenvalue weighted by Crippen LogP contribution is 2.32. The first kappa shape index (κ1) is 14.7. The molecule has 1 unspecified atom stereocenters. The molecular weight excluding hydrogens is 317 g/mol. The minimum atomic E-state index is -4.45. The molecule has 0 bridgehead atoms. The predicted molar refractivity (Wildman–Crippen MR) is 75.8 cm³/mol. The van der Waals surface area contributed by atoms with E-state index >= 15 is 0 Å². The number of fused-ring (bicyclic) bond motifs is 1. The monoisotopic (exact) mass is 328 g/mol. The van der Waals surface area contributed by atoms with Gasteiger partial charge >= 0.3 is 6.18 Å². The van der Waals surface area contributed by atoms with Crippen molar-refractivity contribution in [3.63, 3.8) is 0 Å². The molecule has 0 saturated heterocycles. The molecule has 3 aromatic heterocycles. The number of nitrogens with zero attached hydrogens (tertiary/aromatic N) is 5. The van der Waals surface area contributed by atoms with E-state index in [1.807, 2.05) is 12.3 Å². The highest BCUT2D eigenvalue weighted by Gasteiger charge is 2.41. The summed E-state index contributed by atoms with van der Waals surface area (Å²) in [5.41, 5.74) is 0.924. The van der Waals surface area contributed by atoms with Gasteiger partial charge in [-0.2, -0.15) is 18.3 Å². The molecule has 0 fully saturated rings. The van der Waals surface area contributed by atoms with Crippen molar-refractivity contribution < 1.29 is 13.2 Å². The minimum absolute atomic E-state index is 0.387. The maximum atomic E-state index is 13.2. The summed E-state index contributed by atoms with van der Waals surface area (Å²) in [6.45, 7) is 1.47. The van der Waals surface area contributed by atoms with Gasteiger partial charge in [-0.15, -0.1) is 11.3 Å². The van der Waals surface area contributed by atoms with E-state index in [1.165, 1.54) is 17.7 Å². The van der Waals surface area contributed by atoms with Crippen LogP contribution in [0.25, 0.3) is 10.2 Å².